The van der Waals surface area contributed by atoms with Gasteiger partial charge in [0.1, 0.15) is 0 Å². The van der Waals surface area contributed by atoms with Crippen molar-refractivity contribution in [3.05, 3.63) is 21.6 Å². The fourth-order valence-corrected chi connectivity index (χ4v) is 1.04. The molecule has 2 nitrogen and oxygen atoms in total. The second-order valence-corrected chi connectivity index (χ2v) is 2.90. The van der Waals surface area contributed by atoms with Crippen LogP contribution >= 0.6 is 27.5 Å². The van der Waals surface area contributed by atoms with E-state index in [9.17, 15) is 0 Å². The Morgan fingerprint density at radius 2 is 2.55 bits per heavy atom. The van der Waals surface area contributed by atoms with E-state index in [1.165, 1.54) is 0 Å². The first-order chi connectivity index (χ1) is 7.91. The summed E-state index contributed by atoms with van der Waals surface area (Å²) in [6.45, 7) is -6.20. The van der Waals surface area contributed by atoms with Gasteiger partial charge in [-0.25, -0.2) is 9.97 Å². The molecule has 1 aromatic heterocycles. The first-order valence-electron chi connectivity index (χ1n) is 6.10. The lowest BCUT2D eigenvalue weighted by molar-refractivity contribution is 0.806. The number of rotatable bonds is 1. The Balaban J connectivity index is 3.61. The van der Waals surface area contributed by atoms with E-state index in [0.29, 0.717) is 0 Å². The number of hydrogen-bond donors (Lipinski definition) is 0. The predicted octanol–water partition coefficient (Wildman–Crippen LogP) is 3.02. The van der Waals surface area contributed by atoms with E-state index in [0.717, 1.165) is 6.20 Å². The van der Waals surface area contributed by atoms with Gasteiger partial charge >= 0.3 is 0 Å². The maximum absolute atomic E-state index is 7.90. The van der Waals surface area contributed by atoms with Crippen molar-refractivity contribution in [1.29, 1.82) is 0 Å². The smallest absolute Gasteiger partial charge is 0.222 e. The number of aromatic nitrogens is 2. The topological polar surface area (TPSA) is 25.8 Å². The quantitative estimate of drug-likeness (QED) is 0.708. The molecule has 0 aliphatic heterocycles. The molecule has 0 unspecified atom stereocenters. The van der Waals surface area contributed by atoms with E-state index in [-0.39, 0.29) is 9.76 Å². The lowest BCUT2D eigenvalue weighted by Gasteiger charge is -2.05. The Morgan fingerprint density at radius 1 is 1.82 bits per heavy atom. The molecule has 0 saturated carbocycles. The van der Waals surface area contributed by atoms with E-state index < -0.39 is 25.3 Å². The first kappa shape index (κ1) is 3.30. The van der Waals surface area contributed by atoms with E-state index >= 15 is 0 Å². The summed E-state index contributed by atoms with van der Waals surface area (Å²) < 4.78 is 51.8. The molecule has 0 amide bonds. The third-order valence-electron chi connectivity index (χ3n) is 0.952. The second-order valence-electron chi connectivity index (χ2n) is 1.71. The monoisotopic (exact) mass is 241 g/mol. The Bertz CT molecular complexity index is 444. The van der Waals surface area contributed by atoms with E-state index in [1.54, 1.807) is 0 Å². The average Bonchev–Trinajstić information content (AvgIpc) is 2.17. The van der Waals surface area contributed by atoms with Crippen molar-refractivity contribution in [2.45, 2.75) is 19.6 Å². The second kappa shape index (κ2) is 3.50. The Hall–Kier alpha value is -0.150. The Labute approximate surface area is 89.0 Å². The van der Waals surface area contributed by atoms with Gasteiger partial charge < -0.3 is 0 Å². The fourth-order valence-electron chi connectivity index (χ4n) is 0.521. The molecular formula is C7H8BrClN2. The molecule has 0 aromatic carbocycles. The van der Waals surface area contributed by atoms with Crippen molar-refractivity contribution >= 4 is 27.5 Å². The number of halogens is 2. The summed E-state index contributed by atoms with van der Waals surface area (Å²) in [6.07, 6.45) is 1.12. The summed E-state index contributed by atoms with van der Waals surface area (Å²) in [5, 5.41) is -0.321. The van der Waals surface area contributed by atoms with Crippen LogP contribution in [0.5, 0.6) is 0 Å². The van der Waals surface area contributed by atoms with Gasteiger partial charge in [-0.3, -0.25) is 0 Å². The highest BCUT2D eigenvalue weighted by atomic mass is 79.9. The number of nitrogens with zero attached hydrogens (tertiary/aromatic N) is 2. The lowest BCUT2D eigenvalue weighted by Crippen LogP contribution is -1.95. The predicted molar refractivity (Wildman–Crippen MR) is 48.8 cm³/mol. The van der Waals surface area contributed by atoms with Gasteiger partial charge in [0.15, 0.2) is 0 Å². The first-order valence-corrected chi connectivity index (χ1v) is 3.77. The van der Waals surface area contributed by atoms with Gasteiger partial charge in [-0.2, -0.15) is 0 Å². The van der Waals surface area contributed by atoms with Crippen molar-refractivity contribution in [1.82, 2.24) is 9.97 Å². The molecule has 1 heterocycles. The molecule has 4 heteroatoms. The van der Waals surface area contributed by atoms with Crippen molar-refractivity contribution in [3.8, 4) is 0 Å². The molecule has 0 aliphatic carbocycles. The molecule has 0 atom stereocenters. The highest BCUT2D eigenvalue weighted by Gasteiger charge is 2.06. The van der Waals surface area contributed by atoms with Crippen molar-refractivity contribution in [2.75, 3.05) is 0 Å². The summed E-state index contributed by atoms with van der Waals surface area (Å²) in [6, 6.07) is 0. The highest BCUT2D eigenvalue weighted by molar-refractivity contribution is 9.10. The molecule has 1 aromatic rings. The third-order valence-corrected chi connectivity index (χ3v) is 1.71. The van der Waals surface area contributed by atoms with Crippen LogP contribution in [-0.2, 0) is 0 Å². The molecule has 0 saturated heterocycles. The van der Waals surface area contributed by atoms with Gasteiger partial charge in [-0.05, 0) is 33.4 Å². The van der Waals surface area contributed by atoms with Gasteiger partial charge in [0.05, 0.1) is 10.2 Å². The van der Waals surface area contributed by atoms with E-state index in [4.69, 9.17) is 21.2 Å². The summed E-state index contributed by atoms with van der Waals surface area (Å²) in [4.78, 5) is 7.15. The van der Waals surface area contributed by atoms with Crippen molar-refractivity contribution in [2.24, 2.45) is 0 Å². The van der Waals surface area contributed by atoms with Gasteiger partial charge in [-0.1, -0.05) is 13.7 Å². The fraction of sp³-hybridized carbons (Fsp3) is 0.429. The van der Waals surface area contributed by atoms with Crippen LogP contribution in [0, 0.1) is 0 Å². The van der Waals surface area contributed by atoms with E-state index in [2.05, 4.69) is 25.9 Å². The van der Waals surface area contributed by atoms with Crippen molar-refractivity contribution < 1.29 is 9.60 Å². The maximum Gasteiger partial charge on any atom is 0.222 e. The minimum atomic E-state index is -3.10. The molecular weight excluding hydrogens is 227 g/mol. The molecule has 0 spiro atoms. The molecule has 0 fully saturated rings. The Morgan fingerprint density at radius 3 is 3.18 bits per heavy atom. The standard InChI is InChI=1S/C7H8BrClN2/c1-4(2)6-5(8)3-10-7(9)11-6/h3-4H,1-2H3/i1D3,2D3,4D. The van der Waals surface area contributed by atoms with Crippen LogP contribution in [-0.4, -0.2) is 9.97 Å². The molecule has 60 valence electrons. The average molecular weight is 243 g/mol. The third kappa shape index (κ3) is 2.14. The van der Waals surface area contributed by atoms with E-state index in [1.807, 2.05) is 0 Å². The molecule has 1 rings (SSSR count). The summed E-state index contributed by atoms with van der Waals surface area (Å²) in [5.74, 6) is -2.88. The van der Waals surface area contributed by atoms with Gasteiger partial charge in [0.2, 0.25) is 5.28 Å². The van der Waals surface area contributed by atoms with Crippen LogP contribution in [0.25, 0.3) is 0 Å². The summed E-state index contributed by atoms with van der Waals surface area (Å²) >= 11 is 8.48. The molecule has 0 bridgehead atoms. The van der Waals surface area contributed by atoms with Gasteiger partial charge in [0, 0.05) is 15.8 Å². The minimum Gasteiger partial charge on any atom is -0.225 e. The summed E-state index contributed by atoms with van der Waals surface area (Å²) in [5.41, 5.74) is -0.484. The molecule has 0 radical (unpaired) electrons. The van der Waals surface area contributed by atoms with Crippen LogP contribution in [0.1, 0.15) is 34.9 Å². The van der Waals surface area contributed by atoms with Gasteiger partial charge in [-0.15, -0.1) is 0 Å². The largest absolute Gasteiger partial charge is 0.225 e. The van der Waals surface area contributed by atoms with Crippen LogP contribution in [0.3, 0.4) is 0 Å². The molecule has 0 N–H and O–H groups in total. The normalized spacial score (nSPS) is 23.3. The minimum absolute atomic E-state index is 0.00847. The zero-order valence-electron chi connectivity index (χ0n) is 12.2. The van der Waals surface area contributed by atoms with Gasteiger partial charge in [0.25, 0.3) is 0 Å². The van der Waals surface area contributed by atoms with Crippen LogP contribution < -0.4 is 0 Å². The van der Waals surface area contributed by atoms with Crippen molar-refractivity contribution in [3.63, 3.8) is 0 Å². The SMILES string of the molecule is [2H]C([2H])([2H])C([2H])(c1nc(Cl)ncc1Br)C([2H])([2H])[2H]. The van der Waals surface area contributed by atoms with Crippen LogP contribution in [0.2, 0.25) is 5.28 Å². The zero-order valence-corrected chi connectivity index (χ0v) is 7.57. The zero-order chi connectivity index (χ0) is 14.4. The number of hydrogen-bond acceptors (Lipinski definition) is 2. The highest BCUT2D eigenvalue weighted by Crippen LogP contribution is 2.22. The lowest BCUT2D eigenvalue weighted by atomic mass is 10.1. The van der Waals surface area contributed by atoms with Crippen LogP contribution in [0.4, 0.5) is 0 Å². The van der Waals surface area contributed by atoms with Crippen LogP contribution in [0.15, 0.2) is 10.7 Å². The molecule has 0 aliphatic rings. The Kier molecular flexibility index (Phi) is 1.05. The summed E-state index contributed by atoms with van der Waals surface area (Å²) in [7, 11) is 0. The molecule has 11 heavy (non-hydrogen) atoms. The maximum atomic E-state index is 7.90.